The highest BCUT2D eigenvalue weighted by molar-refractivity contribution is 7.88. The van der Waals surface area contributed by atoms with Crippen LogP contribution in [-0.4, -0.2) is 71.1 Å². The summed E-state index contributed by atoms with van der Waals surface area (Å²) in [7, 11) is -3.36. The van der Waals surface area contributed by atoms with E-state index in [1.807, 2.05) is 11.8 Å². The third-order valence-electron chi connectivity index (χ3n) is 4.94. The molecule has 1 N–H and O–H groups in total. The predicted octanol–water partition coefficient (Wildman–Crippen LogP) is 1.35. The molecule has 1 aliphatic heterocycles. The minimum atomic E-state index is -4.59. The second kappa shape index (κ2) is 8.26. The fourth-order valence-electron chi connectivity index (χ4n) is 3.35. The molecule has 0 spiro atoms. The van der Waals surface area contributed by atoms with E-state index in [0.29, 0.717) is 24.7 Å². The second-order valence-corrected chi connectivity index (χ2v) is 9.30. The van der Waals surface area contributed by atoms with Crippen LogP contribution in [0.25, 0.3) is 17.0 Å². The standard InChI is InChI=1S/C18H20F3N7O3S/c1-11-9-31-12(6-25-32(2,29)30)8-27(11)17-5-13(23-10-24-17)14-7-22-16-4-3-15(18(19,20)21)26-28(14)16/h3-5,7,10-12,25H,6,8-9H2,1-2H3/t11-,12?/m0/s1. The first kappa shape index (κ1) is 22.4. The molecule has 0 aromatic carbocycles. The number of ether oxygens (including phenoxy) is 1. The fourth-order valence-corrected chi connectivity index (χ4v) is 3.84. The number of nitrogens with one attached hydrogen (secondary N) is 1. The third-order valence-corrected chi connectivity index (χ3v) is 5.63. The number of hydrogen-bond donors (Lipinski definition) is 1. The van der Waals surface area contributed by atoms with Gasteiger partial charge in [-0.3, -0.25) is 0 Å². The normalized spacial score (nSPS) is 20.1. The quantitative estimate of drug-likeness (QED) is 0.593. The van der Waals surface area contributed by atoms with Crippen LogP contribution in [-0.2, 0) is 20.9 Å². The maximum Gasteiger partial charge on any atom is 0.435 e. The number of fused-ring (bicyclic) bond motifs is 1. The van der Waals surface area contributed by atoms with E-state index in [9.17, 15) is 21.6 Å². The summed E-state index contributed by atoms with van der Waals surface area (Å²) in [5.74, 6) is 0.525. The zero-order valence-corrected chi connectivity index (χ0v) is 17.9. The Labute approximate surface area is 181 Å². The third kappa shape index (κ3) is 4.81. The van der Waals surface area contributed by atoms with E-state index < -0.39 is 28.0 Å². The van der Waals surface area contributed by atoms with Gasteiger partial charge in [-0.05, 0) is 19.1 Å². The highest BCUT2D eigenvalue weighted by atomic mass is 32.2. The maximum atomic E-state index is 13.1. The van der Waals surface area contributed by atoms with Gasteiger partial charge >= 0.3 is 6.18 Å². The summed E-state index contributed by atoms with van der Waals surface area (Å²) in [5.41, 5.74) is -0.161. The molecule has 0 bridgehead atoms. The first-order valence-corrected chi connectivity index (χ1v) is 11.5. The van der Waals surface area contributed by atoms with Gasteiger partial charge in [0.1, 0.15) is 17.8 Å². The van der Waals surface area contributed by atoms with Gasteiger partial charge < -0.3 is 9.64 Å². The van der Waals surface area contributed by atoms with Crippen molar-refractivity contribution in [3.63, 3.8) is 0 Å². The Morgan fingerprint density at radius 1 is 1.25 bits per heavy atom. The highest BCUT2D eigenvalue weighted by Crippen LogP contribution is 2.29. The van der Waals surface area contributed by atoms with Crippen LogP contribution in [0.5, 0.6) is 0 Å². The van der Waals surface area contributed by atoms with Gasteiger partial charge in [-0.1, -0.05) is 0 Å². The molecule has 1 unspecified atom stereocenters. The average Bonchev–Trinajstić information content (AvgIpc) is 3.15. The number of nitrogens with zero attached hydrogens (tertiary/aromatic N) is 6. The lowest BCUT2D eigenvalue weighted by molar-refractivity contribution is -0.141. The zero-order chi connectivity index (χ0) is 23.1. The Hall–Kier alpha value is -2.84. The number of morpholine rings is 1. The monoisotopic (exact) mass is 471 g/mol. The molecule has 4 rings (SSSR count). The van der Waals surface area contributed by atoms with E-state index in [1.165, 1.54) is 18.6 Å². The van der Waals surface area contributed by atoms with Gasteiger partial charge in [0.15, 0.2) is 11.3 Å². The summed E-state index contributed by atoms with van der Waals surface area (Å²) < 4.78 is 71.3. The van der Waals surface area contributed by atoms with Gasteiger partial charge in [-0.2, -0.15) is 18.3 Å². The summed E-state index contributed by atoms with van der Waals surface area (Å²) in [6.45, 7) is 2.75. The first-order valence-electron chi connectivity index (χ1n) is 9.58. The number of halogens is 3. The summed E-state index contributed by atoms with van der Waals surface area (Å²) in [6, 6.07) is 3.68. The van der Waals surface area contributed by atoms with Crippen LogP contribution in [0, 0.1) is 0 Å². The summed E-state index contributed by atoms with van der Waals surface area (Å²) >= 11 is 0. The molecule has 3 aromatic rings. The number of hydrogen-bond acceptors (Lipinski definition) is 8. The Kier molecular flexibility index (Phi) is 5.77. The molecule has 4 heterocycles. The number of sulfonamides is 1. The molecule has 0 saturated carbocycles. The van der Waals surface area contributed by atoms with Gasteiger partial charge in [-0.15, -0.1) is 0 Å². The lowest BCUT2D eigenvalue weighted by Crippen LogP contribution is -2.52. The van der Waals surface area contributed by atoms with Gasteiger partial charge in [0.2, 0.25) is 10.0 Å². The van der Waals surface area contributed by atoms with Gasteiger partial charge in [0.05, 0.1) is 36.9 Å². The lowest BCUT2D eigenvalue weighted by atomic mass is 10.2. The van der Waals surface area contributed by atoms with E-state index in [4.69, 9.17) is 4.74 Å². The van der Waals surface area contributed by atoms with Crippen LogP contribution in [0.1, 0.15) is 12.6 Å². The number of rotatable bonds is 5. The van der Waals surface area contributed by atoms with E-state index in [1.54, 1.807) is 6.07 Å². The maximum absolute atomic E-state index is 13.1. The van der Waals surface area contributed by atoms with Gasteiger partial charge in [-0.25, -0.2) is 32.6 Å². The van der Waals surface area contributed by atoms with Crippen molar-refractivity contribution in [3.8, 4) is 11.4 Å². The van der Waals surface area contributed by atoms with Crippen molar-refractivity contribution >= 4 is 21.5 Å². The van der Waals surface area contributed by atoms with Gasteiger partial charge in [0.25, 0.3) is 0 Å². The highest BCUT2D eigenvalue weighted by Gasteiger charge is 2.33. The van der Waals surface area contributed by atoms with E-state index in [2.05, 4.69) is 24.8 Å². The van der Waals surface area contributed by atoms with Crippen LogP contribution < -0.4 is 9.62 Å². The summed E-state index contributed by atoms with van der Waals surface area (Å²) in [5, 5.41) is 3.67. The number of alkyl halides is 3. The van der Waals surface area contributed by atoms with Crippen LogP contribution in [0.2, 0.25) is 0 Å². The SMILES string of the molecule is C[C@H]1COC(CNS(C)(=O)=O)CN1c1cc(-c2cnc3ccc(C(F)(F)F)nn23)ncn1. The van der Waals surface area contributed by atoms with Crippen molar-refractivity contribution in [3.05, 3.63) is 36.4 Å². The second-order valence-electron chi connectivity index (χ2n) is 7.47. The smallest absolute Gasteiger partial charge is 0.373 e. The van der Waals surface area contributed by atoms with Crippen molar-refractivity contribution in [1.29, 1.82) is 0 Å². The Morgan fingerprint density at radius 2 is 2.03 bits per heavy atom. The zero-order valence-electron chi connectivity index (χ0n) is 17.1. The van der Waals surface area contributed by atoms with Crippen LogP contribution >= 0.6 is 0 Å². The van der Waals surface area contributed by atoms with Crippen molar-refractivity contribution in [1.82, 2.24) is 29.3 Å². The molecular weight excluding hydrogens is 451 g/mol. The summed E-state index contributed by atoms with van der Waals surface area (Å²) in [6.07, 6.45) is -1.21. The van der Waals surface area contributed by atoms with Crippen molar-refractivity contribution < 1.29 is 26.3 Å². The lowest BCUT2D eigenvalue weighted by Gasteiger charge is -2.38. The molecule has 32 heavy (non-hydrogen) atoms. The molecular formula is C18H20F3N7O3S. The summed E-state index contributed by atoms with van der Waals surface area (Å²) in [4.78, 5) is 14.5. The van der Waals surface area contributed by atoms with Crippen molar-refractivity contribution in [2.45, 2.75) is 25.2 Å². The van der Waals surface area contributed by atoms with Gasteiger partial charge in [0, 0.05) is 19.2 Å². The van der Waals surface area contributed by atoms with Crippen molar-refractivity contribution in [2.24, 2.45) is 0 Å². The predicted molar refractivity (Wildman–Crippen MR) is 108 cm³/mol. The molecule has 14 heteroatoms. The molecule has 172 valence electrons. The molecule has 10 nitrogen and oxygen atoms in total. The Balaban J connectivity index is 1.63. The minimum Gasteiger partial charge on any atom is -0.373 e. The van der Waals surface area contributed by atoms with Crippen LogP contribution in [0.3, 0.4) is 0 Å². The van der Waals surface area contributed by atoms with Crippen molar-refractivity contribution in [2.75, 3.05) is 30.9 Å². The van der Waals surface area contributed by atoms with E-state index in [-0.39, 0.29) is 23.9 Å². The topological polar surface area (TPSA) is 115 Å². The first-order chi connectivity index (χ1) is 15.0. The largest absolute Gasteiger partial charge is 0.435 e. The number of imidazole rings is 1. The van der Waals surface area contributed by atoms with Crippen LogP contribution in [0.15, 0.2) is 30.7 Å². The molecule has 2 atom stereocenters. The van der Waals surface area contributed by atoms with E-state index >= 15 is 0 Å². The van der Waals surface area contributed by atoms with Crippen LogP contribution in [0.4, 0.5) is 19.0 Å². The molecule has 1 aliphatic rings. The minimum absolute atomic E-state index is 0.0654. The fraction of sp³-hybridized carbons (Fsp3) is 0.444. The Bertz CT molecular complexity index is 1230. The molecule has 0 amide bonds. The molecule has 0 aliphatic carbocycles. The number of aromatic nitrogens is 5. The molecule has 3 aromatic heterocycles. The Morgan fingerprint density at radius 3 is 2.75 bits per heavy atom. The molecule has 1 fully saturated rings. The van der Waals surface area contributed by atoms with E-state index in [0.717, 1.165) is 16.8 Å². The molecule has 1 saturated heterocycles. The molecule has 0 radical (unpaired) electrons. The average molecular weight is 471 g/mol. The number of anilines is 1.